The van der Waals surface area contributed by atoms with Gasteiger partial charge < -0.3 is 10.3 Å². The smallest absolute Gasteiger partial charge is 0.120 e. The summed E-state index contributed by atoms with van der Waals surface area (Å²) in [5.74, 6) is 1.53. The molecule has 1 aromatic heterocycles. The van der Waals surface area contributed by atoms with Gasteiger partial charge in [-0.05, 0) is 23.5 Å². The maximum Gasteiger partial charge on any atom is 0.120 e. The van der Waals surface area contributed by atoms with Gasteiger partial charge in [0.25, 0.3) is 0 Å². The normalized spacial score (nSPS) is 12.8. The SMILES string of the molecule is CCc1ccc(C(NCc2ncc[nH]2)C(C)C)cc1. The molecule has 0 saturated heterocycles. The summed E-state index contributed by atoms with van der Waals surface area (Å²) in [5, 5.41) is 3.58. The zero-order chi connectivity index (χ0) is 13.7. The van der Waals surface area contributed by atoms with E-state index >= 15 is 0 Å². The summed E-state index contributed by atoms with van der Waals surface area (Å²) < 4.78 is 0. The van der Waals surface area contributed by atoms with Crippen LogP contribution in [0.25, 0.3) is 0 Å². The summed E-state index contributed by atoms with van der Waals surface area (Å²) in [6.07, 6.45) is 4.74. The van der Waals surface area contributed by atoms with Crippen LogP contribution in [0.15, 0.2) is 36.7 Å². The molecule has 1 unspecified atom stereocenters. The summed E-state index contributed by atoms with van der Waals surface area (Å²) in [4.78, 5) is 7.38. The molecular weight excluding hydrogens is 234 g/mol. The first-order valence-corrected chi connectivity index (χ1v) is 7.01. The Hall–Kier alpha value is -1.61. The topological polar surface area (TPSA) is 40.7 Å². The number of imidazole rings is 1. The average molecular weight is 257 g/mol. The van der Waals surface area contributed by atoms with Crippen LogP contribution in [0.3, 0.4) is 0 Å². The Morgan fingerprint density at radius 1 is 1.21 bits per heavy atom. The van der Waals surface area contributed by atoms with Crippen LogP contribution in [0.1, 0.15) is 43.8 Å². The fourth-order valence-corrected chi connectivity index (χ4v) is 2.30. The van der Waals surface area contributed by atoms with Gasteiger partial charge in [-0.2, -0.15) is 0 Å². The maximum atomic E-state index is 4.25. The quantitative estimate of drug-likeness (QED) is 0.832. The van der Waals surface area contributed by atoms with Crippen LogP contribution in [0, 0.1) is 5.92 Å². The van der Waals surface area contributed by atoms with Gasteiger partial charge in [0.15, 0.2) is 0 Å². The Bertz CT molecular complexity index is 471. The van der Waals surface area contributed by atoms with Crippen LogP contribution >= 0.6 is 0 Å². The molecule has 2 N–H and O–H groups in total. The molecule has 2 aromatic rings. The number of H-pyrrole nitrogens is 1. The highest BCUT2D eigenvalue weighted by Crippen LogP contribution is 2.22. The second-order valence-electron chi connectivity index (χ2n) is 5.23. The third-order valence-electron chi connectivity index (χ3n) is 3.46. The van der Waals surface area contributed by atoms with Gasteiger partial charge >= 0.3 is 0 Å². The van der Waals surface area contributed by atoms with E-state index in [2.05, 4.69) is 60.3 Å². The molecule has 1 aromatic carbocycles. The molecule has 0 amide bonds. The lowest BCUT2D eigenvalue weighted by atomic mass is 9.95. The Kier molecular flexibility index (Phi) is 4.74. The Morgan fingerprint density at radius 2 is 1.95 bits per heavy atom. The molecule has 102 valence electrons. The Morgan fingerprint density at radius 3 is 2.47 bits per heavy atom. The first-order chi connectivity index (χ1) is 9.20. The van der Waals surface area contributed by atoms with Crippen molar-refractivity contribution in [2.75, 3.05) is 0 Å². The van der Waals surface area contributed by atoms with E-state index in [0.717, 1.165) is 18.8 Å². The Balaban J connectivity index is 2.06. The number of hydrogen-bond acceptors (Lipinski definition) is 2. The molecule has 1 heterocycles. The van der Waals surface area contributed by atoms with Crippen LogP contribution in [0.4, 0.5) is 0 Å². The number of rotatable bonds is 6. The highest BCUT2D eigenvalue weighted by molar-refractivity contribution is 5.25. The van der Waals surface area contributed by atoms with E-state index in [1.807, 2.05) is 6.20 Å². The molecule has 0 aliphatic carbocycles. The highest BCUT2D eigenvalue weighted by Gasteiger charge is 2.15. The van der Waals surface area contributed by atoms with E-state index < -0.39 is 0 Å². The van der Waals surface area contributed by atoms with Gasteiger partial charge in [0, 0.05) is 18.4 Å². The van der Waals surface area contributed by atoms with Gasteiger partial charge in [0.05, 0.1) is 6.54 Å². The van der Waals surface area contributed by atoms with E-state index in [1.54, 1.807) is 6.20 Å². The molecule has 0 aliphatic rings. The standard InChI is InChI=1S/C16H23N3/c1-4-13-5-7-14(8-6-13)16(12(2)3)19-11-15-17-9-10-18-15/h5-10,12,16,19H,4,11H2,1-3H3,(H,17,18). The van der Waals surface area contributed by atoms with Crippen molar-refractivity contribution in [3.8, 4) is 0 Å². The van der Waals surface area contributed by atoms with Crippen molar-refractivity contribution < 1.29 is 0 Å². The van der Waals surface area contributed by atoms with Gasteiger partial charge in [-0.3, -0.25) is 0 Å². The molecule has 3 heteroatoms. The number of nitrogens with one attached hydrogen (secondary N) is 2. The molecule has 0 radical (unpaired) electrons. The van der Waals surface area contributed by atoms with Crippen molar-refractivity contribution >= 4 is 0 Å². The predicted molar refractivity (Wildman–Crippen MR) is 78.8 cm³/mol. The van der Waals surface area contributed by atoms with Crippen molar-refractivity contribution in [3.63, 3.8) is 0 Å². The van der Waals surface area contributed by atoms with E-state index in [-0.39, 0.29) is 0 Å². The fourth-order valence-electron chi connectivity index (χ4n) is 2.30. The summed E-state index contributed by atoms with van der Waals surface area (Å²) in [7, 11) is 0. The molecule has 0 spiro atoms. The number of aromatic nitrogens is 2. The number of hydrogen-bond donors (Lipinski definition) is 2. The lowest BCUT2D eigenvalue weighted by molar-refractivity contribution is 0.406. The lowest BCUT2D eigenvalue weighted by Crippen LogP contribution is -2.25. The summed E-state index contributed by atoms with van der Waals surface area (Å²) in [6, 6.07) is 9.27. The van der Waals surface area contributed by atoms with Crippen molar-refractivity contribution in [2.45, 2.75) is 39.8 Å². The van der Waals surface area contributed by atoms with E-state index in [0.29, 0.717) is 12.0 Å². The van der Waals surface area contributed by atoms with Gasteiger partial charge in [-0.25, -0.2) is 4.98 Å². The maximum absolute atomic E-state index is 4.25. The molecule has 0 fully saturated rings. The predicted octanol–water partition coefficient (Wildman–Crippen LogP) is 3.46. The van der Waals surface area contributed by atoms with E-state index in [1.165, 1.54) is 11.1 Å². The summed E-state index contributed by atoms with van der Waals surface area (Å²) in [6.45, 7) is 7.44. The zero-order valence-corrected chi connectivity index (χ0v) is 12.0. The molecule has 1 atom stereocenters. The molecule has 19 heavy (non-hydrogen) atoms. The number of benzene rings is 1. The molecular formula is C16H23N3. The van der Waals surface area contributed by atoms with Gasteiger partial charge in [0.1, 0.15) is 5.82 Å². The number of nitrogens with zero attached hydrogens (tertiary/aromatic N) is 1. The molecule has 0 bridgehead atoms. The lowest BCUT2D eigenvalue weighted by Gasteiger charge is -2.22. The second kappa shape index (κ2) is 6.53. The minimum Gasteiger partial charge on any atom is -0.348 e. The minimum absolute atomic E-state index is 0.357. The van der Waals surface area contributed by atoms with Gasteiger partial charge in [-0.1, -0.05) is 45.0 Å². The molecule has 2 rings (SSSR count). The van der Waals surface area contributed by atoms with Crippen LogP contribution in [-0.2, 0) is 13.0 Å². The monoisotopic (exact) mass is 257 g/mol. The number of aryl methyl sites for hydroxylation is 1. The molecule has 3 nitrogen and oxygen atoms in total. The van der Waals surface area contributed by atoms with Crippen LogP contribution < -0.4 is 5.32 Å². The van der Waals surface area contributed by atoms with Crippen LogP contribution in [0.2, 0.25) is 0 Å². The Labute approximate surface area is 115 Å². The third-order valence-corrected chi connectivity index (χ3v) is 3.46. The molecule has 0 saturated carbocycles. The zero-order valence-electron chi connectivity index (χ0n) is 12.0. The summed E-state index contributed by atoms with van der Waals surface area (Å²) in [5.41, 5.74) is 2.73. The largest absolute Gasteiger partial charge is 0.348 e. The third kappa shape index (κ3) is 3.67. The van der Waals surface area contributed by atoms with Crippen molar-refractivity contribution in [1.82, 2.24) is 15.3 Å². The average Bonchev–Trinajstić information content (AvgIpc) is 2.92. The van der Waals surface area contributed by atoms with Gasteiger partial charge in [0.2, 0.25) is 0 Å². The van der Waals surface area contributed by atoms with Crippen molar-refractivity contribution in [3.05, 3.63) is 53.6 Å². The first kappa shape index (κ1) is 13.8. The van der Waals surface area contributed by atoms with E-state index in [4.69, 9.17) is 0 Å². The minimum atomic E-state index is 0.357. The molecule has 0 aliphatic heterocycles. The van der Waals surface area contributed by atoms with Crippen molar-refractivity contribution in [1.29, 1.82) is 0 Å². The van der Waals surface area contributed by atoms with Crippen molar-refractivity contribution in [2.24, 2.45) is 5.92 Å². The van der Waals surface area contributed by atoms with Gasteiger partial charge in [-0.15, -0.1) is 0 Å². The summed E-state index contributed by atoms with van der Waals surface area (Å²) >= 11 is 0. The van der Waals surface area contributed by atoms with Crippen LogP contribution in [0.5, 0.6) is 0 Å². The van der Waals surface area contributed by atoms with E-state index in [9.17, 15) is 0 Å². The second-order valence-corrected chi connectivity index (χ2v) is 5.23. The first-order valence-electron chi connectivity index (χ1n) is 7.01. The fraction of sp³-hybridized carbons (Fsp3) is 0.438. The number of aromatic amines is 1. The van der Waals surface area contributed by atoms with Crippen LogP contribution in [-0.4, -0.2) is 9.97 Å². The highest BCUT2D eigenvalue weighted by atomic mass is 15.0.